The number of carbonyl (C=O) groups is 1. The molecule has 0 unspecified atom stereocenters. The zero-order valence-corrected chi connectivity index (χ0v) is 10.4. The fourth-order valence-corrected chi connectivity index (χ4v) is 2.16. The Morgan fingerprint density at radius 1 is 1.15 bits per heavy atom. The van der Waals surface area contributed by atoms with E-state index < -0.39 is 11.7 Å². The molecule has 0 atom stereocenters. The Hall–Kier alpha value is -2.82. The Labute approximate surface area is 113 Å². The molecule has 20 heavy (non-hydrogen) atoms. The lowest BCUT2D eigenvalue weighted by atomic mass is 10.0. The van der Waals surface area contributed by atoms with Crippen LogP contribution in [0.15, 0.2) is 51.7 Å². The first-order chi connectivity index (χ1) is 9.61. The SMILES string of the molecule is O=C(O)c1cccc(Cc2ccc3oc(=O)[nH]c3c2)c1. The Morgan fingerprint density at radius 2 is 1.95 bits per heavy atom. The van der Waals surface area contributed by atoms with Crippen LogP contribution in [0.25, 0.3) is 11.1 Å². The summed E-state index contributed by atoms with van der Waals surface area (Å²) in [5.74, 6) is -1.42. The Bertz CT molecular complexity index is 844. The van der Waals surface area contributed by atoms with Crippen molar-refractivity contribution in [3.63, 3.8) is 0 Å². The van der Waals surface area contributed by atoms with Gasteiger partial charge in [0.25, 0.3) is 0 Å². The van der Waals surface area contributed by atoms with E-state index in [-0.39, 0.29) is 5.56 Å². The predicted molar refractivity (Wildman–Crippen MR) is 73.0 cm³/mol. The highest BCUT2D eigenvalue weighted by molar-refractivity contribution is 5.87. The number of fused-ring (bicyclic) bond motifs is 1. The number of benzene rings is 2. The van der Waals surface area contributed by atoms with Crippen LogP contribution in [0.1, 0.15) is 21.5 Å². The number of nitrogens with one attached hydrogen (secondary N) is 1. The molecule has 0 spiro atoms. The smallest absolute Gasteiger partial charge is 0.417 e. The molecule has 5 nitrogen and oxygen atoms in total. The van der Waals surface area contributed by atoms with Crippen LogP contribution < -0.4 is 5.76 Å². The molecule has 1 aromatic heterocycles. The molecule has 5 heteroatoms. The molecule has 3 rings (SSSR count). The summed E-state index contributed by atoms with van der Waals surface area (Å²) >= 11 is 0. The molecule has 2 N–H and O–H groups in total. The van der Waals surface area contributed by atoms with E-state index >= 15 is 0 Å². The summed E-state index contributed by atoms with van der Waals surface area (Å²) in [4.78, 5) is 24.6. The van der Waals surface area contributed by atoms with E-state index in [9.17, 15) is 9.59 Å². The maximum atomic E-state index is 11.1. The van der Waals surface area contributed by atoms with Gasteiger partial charge >= 0.3 is 11.7 Å². The van der Waals surface area contributed by atoms with Crippen LogP contribution in [0.3, 0.4) is 0 Å². The van der Waals surface area contributed by atoms with E-state index in [2.05, 4.69) is 4.98 Å². The van der Waals surface area contributed by atoms with Crippen molar-refractivity contribution in [2.24, 2.45) is 0 Å². The Morgan fingerprint density at radius 3 is 2.75 bits per heavy atom. The molecular formula is C15H11NO4. The number of aromatic amines is 1. The first-order valence-electron chi connectivity index (χ1n) is 6.06. The van der Waals surface area contributed by atoms with Gasteiger partial charge in [-0.3, -0.25) is 4.98 Å². The monoisotopic (exact) mass is 269 g/mol. The second kappa shape index (κ2) is 4.70. The fraction of sp³-hybridized carbons (Fsp3) is 0.0667. The van der Waals surface area contributed by atoms with Gasteiger partial charge in [0.05, 0.1) is 11.1 Å². The van der Waals surface area contributed by atoms with Crippen LogP contribution in [0, 0.1) is 0 Å². The number of rotatable bonds is 3. The van der Waals surface area contributed by atoms with Crippen LogP contribution in [-0.4, -0.2) is 16.1 Å². The molecule has 0 radical (unpaired) electrons. The summed E-state index contributed by atoms with van der Waals surface area (Å²) in [5, 5.41) is 8.97. The zero-order chi connectivity index (χ0) is 14.1. The van der Waals surface area contributed by atoms with Crippen LogP contribution in [0.2, 0.25) is 0 Å². The lowest BCUT2D eigenvalue weighted by molar-refractivity contribution is 0.0697. The van der Waals surface area contributed by atoms with Gasteiger partial charge in [0.1, 0.15) is 0 Å². The van der Waals surface area contributed by atoms with Crippen molar-refractivity contribution in [2.45, 2.75) is 6.42 Å². The summed E-state index contributed by atoms with van der Waals surface area (Å²) in [6.45, 7) is 0. The van der Waals surface area contributed by atoms with Crippen molar-refractivity contribution in [2.75, 3.05) is 0 Å². The van der Waals surface area contributed by atoms with Crippen LogP contribution in [0.4, 0.5) is 0 Å². The van der Waals surface area contributed by atoms with E-state index in [1.54, 1.807) is 24.3 Å². The molecule has 3 aromatic rings. The van der Waals surface area contributed by atoms with Gasteiger partial charge in [0.2, 0.25) is 0 Å². The quantitative estimate of drug-likeness (QED) is 0.764. The van der Waals surface area contributed by atoms with E-state index in [1.807, 2.05) is 18.2 Å². The third kappa shape index (κ3) is 2.33. The first kappa shape index (κ1) is 12.2. The van der Waals surface area contributed by atoms with Gasteiger partial charge in [0, 0.05) is 0 Å². The molecular weight excluding hydrogens is 258 g/mol. The number of carboxylic acids is 1. The largest absolute Gasteiger partial charge is 0.478 e. The van der Waals surface area contributed by atoms with Gasteiger partial charge in [-0.05, 0) is 41.8 Å². The molecule has 0 fully saturated rings. The van der Waals surface area contributed by atoms with Crippen molar-refractivity contribution in [3.8, 4) is 0 Å². The number of H-pyrrole nitrogens is 1. The first-order valence-corrected chi connectivity index (χ1v) is 6.06. The topological polar surface area (TPSA) is 83.3 Å². The van der Waals surface area contributed by atoms with Crippen molar-refractivity contribution in [3.05, 3.63) is 69.7 Å². The Balaban J connectivity index is 1.94. The number of hydrogen-bond donors (Lipinski definition) is 2. The highest BCUT2D eigenvalue weighted by Crippen LogP contribution is 2.16. The van der Waals surface area contributed by atoms with E-state index in [1.165, 1.54) is 0 Å². The zero-order valence-electron chi connectivity index (χ0n) is 10.4. The predicted octanol–water partition coefficient (Wildman–Crippen LogP) is 2.41. The number of aromatic carboxylic acids is 1. The molecule has 1 heterocycles. The van der Waals surface area contributed by atoms with Gasteiger partial charge in [-0.25, -0.2) is 9.59 Å². The van der Waals surface area contributed by atoms with Gasteiger partial charge in [-0.1, -0.05) is 18.2 Å². The van der Waals surface area contributed by atoms with Crippen molar-refractivity contribution in [1.82, 2.24) is 4.98 Å². The van der Waals surface area contributed by atoms with Crippen LogP contribution in [0.5, 0.6) is 0 Å². The molecule has 0 aliphatic carbocycles. The van der Waals surface area contributed by atoms with Gasteiger partial charge in [-0.2, -0.15) is 0 Å². The molecule has 100 valence electrons. The number of carboxylic acid groups (broad SMARTS) is 1. The van der Waals surface area contributed by atoms with Crippen molar-refractivity contribution >= 4 is 17.1 Å². The molecule has 0 saturated carbocycles. The summed E-state index contributed by atoms with van der Waals surface area (Å²) in [6, 6.07) is 12.2. The summed E-state index contributed by atoms with van der Waals surface area (Å²) in [5.41, 5.74) is 3.28. The van der Waals surface area contributed by atoms with E-state index in [0.717, 1.165) is 11.1 Å². The van der Waals surface area contributed by atoms with Gasteiger partial charge in [0.15, 0.2) is 5.58 Å². The average molecular weight is 269 g/mol. The van der Waals surface area contributed by atoms with E-state index in [4.69, 9.17) is 9.52 Å². The number of oxazole rings is 1. The van der Waals surface area contributed by atoms with Crippen LogP contribution >= 0.6 is 0 Å². The Kier molecular flexibility index (Phi) is 2.87. The standard InChI is InChI=1S/C15H11NO4/c17-14(18)11-3-1-2-9(7-11)6-10-4-5-13-12(8-10)16-15(19)20-13/h1-5,7-8H,6H2,(H,16,19)(H,17,18). The minimum atomic E-state index is -0.943. The van der Waals surface area contributed by atoms with Gasteiger partial charge in [-0.15, -0.1) is 0 Å². The van der Waals surface area contributed by atoms with Gasteiger partial charge < -0.3 is 9.52 Å². The molecule has 0 aliphatic rings. The van der Waals surface area contributed by atoms with Crippen molar-refractivity contribution < 1.29 is 14.3 Å². The summed E-state index contributed by atoms with van der Waals surface area (Å²) in [7, 11) is 0. The maximum absolute atomic E-state index is 11.1. The van der Waals surface area contributed by atoms with Crippen molar-refractivity contribution in [1.29, 1.82) is 0 Å². The summed E-state index contributed by atoms with van der Waals surface area (Å²) in [6.07, 6.45) is 0.588. The fourth-order valence-electron chi connectivity index (χ4n) is 2.16. The molecule has 2 aromatic carbocycles. The lowest BCUT2D eigenvalue weighted by Gasteiger charge is -2.03. The second-order valence-electron chi connectivity index (χ2n) is 4.53. The second-order valence-corrected chi connectivity index (χ2v) is 4.53. The normalized spacial score (nSPS) is 10.8. The summed E-state index contributed by atoms with van der Waals surface area (Å²) < 4.78 is 4.93. The third-order valence-corrected chi connectivity index (χ3v) is 3.07. The minimum Gasteiger partial charge on any atom is -0.478 e. The lowest BCUT2D eigenvalue weighted by Crippen LogP contribution is -1.97. The highest BCUT2D eigenvalue weighted by Gasteiger charge is 2.06. The third-order valence-electron chi connectivity index (χ3n) is 3.07. The highest BCUT2D eigenvalue weighted by atomic mass is 16.4. The number of aromatic nitrogens is 1. The minimum absolute atomic E-state index is 0.264. The van der Waals surface area contributed by atoms with Crippen LogP contribution in [-0.2, 0) is 6.42 Å². The number of hydrogen-bond acceptors (Lipinski definition) is 3. The molecule has 0 amide bonds. The molecule has 0 aliphatic heterocycles. The molecule has 0 bridgehead atoms. The van der Waals surface area contributed by atoms with E-state index in [0.29, 0.717) is 17.5 Å². The average Bonchev–Trinajstić information content (AvgIpc) is 2.78. The maximum Gasteiger partial charge on any atom is 0.417 e. The molecule has 0 saturated heterocycles.